The number of fused-ring (bicyclic) bond motifs is 1. The molecular weight excluding hydrogens is 404 g/mol. The fourth-order valence-corrected chi connectivity index (χ4v) is 7.60. The molecule has 1 heterocycles. The Morgan fingerprint density at radius 3 is 1.78 bits per heavy atom. The summed E-state index contributed by atoms with van der Waals surface area (Å²) in [5.74, 6) is 0.401. The molecule has 156 valence electrons. The maximum Gasteiger partial charge on any atom is 0.0674 e. The van der Waals surface area contributed by atoms with Crippen molar-refractivity contribution in [3.8, 4) is 0 Å². The first-order valence-corrected chi connectivity index (χ1v) is 12.1. The van der Waals surface area contributed by atoms with Crippen molar-refractivity contribution >= 4 is 16.7 Å². The molecule has 1 heteroatoms. The molecule has 1 aliphatic heterocycles. The second-order valence-electron chi connectivity index (χ2n) is 9.16. The largest absolute Gasteiger partial charge is 0.112 e. The lowest BCUT2D eigenvalue weighted by molar-refractivity contribution is 0.808. The molecule has 32 heavy (non-hydrogen) atoms. The minimum absolute atomic E-state index is 0.0377. The summed E-state index contributed by atoms with van der Waals surface area (Å²) in [5.41, 5.74) is 8.12. The van der Waals surface area contributed by atoms with Crippen LogP contribution in [0.4, 0.5) is 0 Å². The Morgan fingerprint density at radius 2 is 1.16 bits per heavy atom. The fraction of sp³-hybridized carbons (Fsp3) is 0.161. The zero-order valence-corrected chi connectivity index (χ0v) is 19.3. The van der Waals surface area contributed by atoms with Crippen LogP contribution in [0.25, 0.3) is 4.91 Å². The number of thioether (sulfide) groups is 1. The molecule has 6 rings (SSSR count). The Balaban J connectivity index is 1.61. The van der Waals surface area contributed by atoms with Gasteiger partial charge in [-0.05, 0) is 36.1 Å². The molecular formula is C31H26S. The maximum absolute atomic E-state index is 2.58. The van der Waals surface area contributed by atoms with E-state index >= 15 is 0 Å². The standard InChI is InChI=1S/C31H26S/c1-22-13-17-25(18-14-22)29-30(26-19-15-23(2)16-20-26)21-28(24-9-5-3-6-10-24)32-31(29,30)27-11-7-4-8-12-27/h3-21,29H,1-2H3. The summed E-state index contributed by atoms with van der Waals surface area (Å²) in [4.78, 5) is 1.39. The van der Waals surface area contributed by atoms with Crippen LogP contribution in [-0.2, 0) is 10.2 Å². The van der Waals surface area contributed by atoms with Crippen LogP contribution in [-0.4, -0.2) is 0 Å². The van der Waals surface area contributed by atoms with E-state index in [2.05, 4.69) is 141 Å². The number of allylic oxidation sites excluding steroid dienone is 1. The van der Waals surface area contributed by atoms with Gasteiger partial charge in [-0.1, -0.05) is 126 Å². The summed E-state index contributed by atoms with van der Waals surface area (Å²) in [6.45, 7) is 4.34. The van der Waals surface area contributed by atoms with Gasteiger partial charge in [-0.15, -0.1) is 11.8 Å². The Kier molecular flexibility index (Phi) is 4.45. The number of hydrogen-bond acceptors (Lipinski definition) is 1. The summed E-state index contributed by atoms with van der Waals surface area (Å²) in [7, 11) is 0. The average molecular weight is 431 g/mol. The molecule has 0 nitrogen and oxygen atoms in total. The van der Waals surface area contributed by atoms with E-state index in [0.717, 1.165) is 0 Å². The number of aryl methyl sites for hydroxylation is 2. The SMILES string of the molecule is Cc1ccc(C2C3(c4ccc(C)cc4)C=C(c4ccccc4)SC23c2ccccc2)cc1. The molecule has 0 bridgehead atoms. The van der Waals surface area contributed by atoms with Gasteiger partial charge in [0.1, 0.15) is 0 Å². The van der Waals surface area contributed by atoms with Crippen molar-refractivity contribution in [2.75, 3.05) is 0 Å². The lowest BCUT2D eigenvalue weighted by Crippen LogP contribution is -2.13. The van der Waals surface area contributed by atoms with Gasteiger partial charge in [0.25, 0.3) is 0 Å². The normalized spacial score (nSPS) is 25.8. The first-order valence-electron chi connectivity index (χ1n) is 11.3. The van der Waals surface area contributed by atoms with Gasteiger partial charge < -0.3 is 0 Å². The molecule has 4 aromatic carbocycles. The van der Waals surface area contributed by atoms with Gasteiger partial charge >= 0.3 is 0 Å². The summed E-state index contributed by atoms with van der Waals surface area (Å²) < 4.78 is -0.0377. The minimum atomic E-state index is -0.0623. The first-order chi connectivity index (χ1) is 15.6. The molecule has 1 aliphatic carbocycles. The van der Waals surface area contributed by atoms with Crippen LogP contribution in [0.5, 0.6) is 0 Å². The van der Waals surface area contributed by atoms with Crippen LogP contribution < -0.4 is 0 Å². The highest BCUT2D eigenvalue weighted by atomic mass is 32.2. The molecule has 0 N–H and O–H groups in total. The second kappa shape index (κ2) is 7.25. The van der Waals surface area contributed by atoms with Crippen molar-refractivity contribution in [2.24, 2.45) is 0 Å². The molecule has 0 amide bonds. The third kappa shape index (κ3) is 2.71. The molecule has 0 saturated heterocycles. The van der Waals surface area contributed by atoms with Crippen molar-refractivity contribution in [1.82, 2.24) is 0 Å². The molecule has 2 aliphatic rings. The molecule has 4 aromatic rings. The van der Waals surface area contributed by atoms with Crippen molar-refractivity contribution < 1.29 is 0 Å². The van der Waals surface area contributed by atoms with Crippen LogP contribution in [0, 0.1) is 13.8 Å². The van der Waals surface area contributed by atoms with E-state index in [0.29, 0.717) is 5.92 Å². The Labute approximate surface area is 195 Å². The summed E-state index contributed by atoms with van der Waals surface area (Å²) in [5, 5.41) is 0. The zero-order chi connectivity index (χ0) is 21.8. The van der Waals surface area contributed by atoms with Gasteiger partial charge in [0.05, 0.1) is 4.75 Å². The van der Waals surface area contributed by atoms with Gasteiger partial charge in [-0.2, -0.15) is 0 Å². The Bertz CT molecular complexity index is 1290. The smallest absolute Gasteiger partial charge is 0.0674 e. The van der Waals surface area contributed by atoms with Crippen LogP contribution in [0.3, 0.4) is 0 Å². The van der Waals surface area contributed by atoms with Crippen molar-refractivity contribution in [1.29, 1.82) is 0 Å². The van der Waals surface area contributed by atoms with Crippen LogP contribution in [0.2, 0.25) is 0 Å². The zero-order valence-electron chi connectivity index (χ0n) is 18.5. The Hall–Kier alpha value is -3.03. The molecule has 0 aromatic heterocycles. The topological polar surface area (TPSA) is 0 Å². The van der Waals surface area contributed by atoms with E-state index < -0.39 is 0 Å². The number of hydrogen-bond donors (Lipinski definition) is 0. The van der Waals surface area contributed by atoms with Crippen LogP contribution in [0.1, 0.15) is 39.3 Å². The highest BCUT2D eigenvalue weighted by Gasteiger charge is 2.80. The molecule has 1 fully saturated rings. The van der Waals surface area contributed by atoms with Crippen molar-refractivity contribution in [2.45, 2.75) is 29.9 Å². The van der Waals surface area contributed by atoms with E-state index in [1.54, 1.807) is 0 Å². The predicted octanol–water partition coefficient (Wildman–Crippen LogP) is 8.02. The average Bonchev–Trinajstić information content (AvgIpc) is 3.25. The lowest BCUT2D eigenvalue weighted by atomic mass is 9.87. The maximum atomic E-state index is 2.58. The third-order valence-electron chi connectivity index (χ3n) is 7.22. The summed E-state index contributed by atoms with van der Waals surface area (Å²) in [6.07, 6.45) is 2.58. The monoisotopic (exact) mass is 430 g/mol. The number of benzene rings is 4. The van der Waals surface area contributed by atoms with E-state index in [9.17, 15) is 0 Å². The quantitative estimate of drug-likeness (QED) is 0.316. The van der Waals surface area contributed by atoms with Crippen molar-refractivity contribution in [3.05, 3.63) is 149 Å². The van der Waals surface area contributed by atoms with Crippen LogP contribution in [0.15, 0.2) is 115 Å². The lowest BCUT2D eigenvalue weighted by Gasteiger charge is -2.19. The summed E-state index contributed by atoms with van der Waals surface area (Å²) in [6, 6.07) is 40.5. The minimum Gasteiger partial charge on any atom is -0.112 e. The van der Waals surface area contributed by atoms with E-state index in [-0.39, 0.29) is 10.2 Å². The molecule has 3 unspecified atom stereocenters. The highest BCUT2D eigenvalue weighted by Crippen LogP contribution is 2.85. The summed E-state index contributed by atoms with van der Waals surface area (Å²) >= 11 is 2.06. The van der Waals surface area contributed by atoms with Crippen molar-refractivity contribution in [3.63, 3.8) is 0 Å². The predicted molar refractivity (Wildman–Crippen MR) is 137 cm³/mol. The first kappa shape index (κ1) is 19.6. The highest BCUT2D eigenvalue weighted by molar-refractivity contribution is 8.10. The van der Waals surface area contributed by atoms with Gasteiger partial charge in [-0.3, -0.25) is 0 Å². The van der Waals surface area contributed by atoms with Gasteiger partial charge in [0.15, 0.2) is 0 Å². The van der Waals surface area contributed by atoms with Gasteiger partial charge in [0, 0.05) is 16.2 Å². The second-order valence-corrected chi connectivity index (χ2v) is 10.4. The molecule has 1 saturated carbocycles. The molecule has 0 spiro atoms. The van der Waals surface area contributed by atoms with E-state index in [1.807, 2.05) is 0 Å². The Morgan fingerprint density at radius 1 is 0.594 bits per heavy atom. The fourth-order valence-electron chi connectivity index (χ4n) is 5.66. The third-order valence-corrected chi connectivity index (χ3v) is 8.93. The number of rotatable bonds is 4. The molecule has 3 atom stereocenters. The van der Waals surface area contributed by atoms with E-state index in [1.165, 1.54) is 38.3 Å². The molecule has 0 radical (unpaired) electrons. The van der Waals surface area contributed by atoms with Gasteiger partial charge in [-0.25, -0.2) is 0 Å². The van der Waals surface area contributed by atoms with Crippen LogP contribution >= 0.6 is 11.8 Å². The van der Waals surface area contributed by atoms with E-state index in [4.69, 9.17) is 0 Å². The van der Waals surface area contributed by atoms with Gasteiger partial charge in [0.2, 0.25) is 0 Å².